The first-order valence-corrected chi connectivity index (χ1v) is 9.37. The van der Waals surface area contributed by atoms with Gasteiger partial charge in [-0.2, -0.15) is 0 Å². The highest BCUT2D eigenvalue weighted by Gasteiger charge is 2.55. The normalized spacial score (nSPS) is 29.8. The molecular weight excluding hydrogens is 338 g/mol. The molecule has 0 unspecified atom stereocenters. The second-order valence-electron chi connectivity index (χ2n) is 8.09. The minimum atomic E-state index is -2.73. The summed E-state index contributed by atoms with van der Waals surface area (Å²) in [6.45, 7) is 0.342. The van der Waals surface area contributed by atoms with E-state index in [2.05, 4.69) is 0 Å². The predicted molar refractivity (Wildman–Crippen MR) is 92.6 cm³/mol. The summed E-state index contributed by atoms with van der Waals surface area (Å²) in [5.74, 6) is -2.99. The predicted octanol–water partition coefficient (Wildman–Crippen LogP) is 2.73. The topological polar surface area (TPSA) is 40.6 Å². The Morgan fingerprint density at radius 1 is 1.04 bits per heavy atom. The molecule has 0 bridgehead atoms. The van der Waals surface area contributed by atoms with Gasteiger partial charge in [-0.25, -0.2) is 8.78 Å². The zero-order valence-electron chi connectivity index (χ0n) is 14.8. The maximum Gasteiger partial charge on any atom is 0.282 e. The van der Waals surface area contributed by atoms with Crippen LogP contribution in [0.15, 0.2) is 30.3 Å². The molecule has 2 amide bonds. The largest absolute Gasteiger partial charge is 0.342 e. The molecule has 140 valence electrons. The lowest BCUT2D eigenvalue weighted by atomic mass is 9.76. The molecule has 1 aromatic carbocycles. The second-order valence-corrected chi connectivity index (χ2v) is 8.09. The number of nitrogens with zero attached hydrogens (tertiary/aromatic N) is 2. The zero-order chi connectivity index (χ0) is 18.4. The number of halogens is 2. The molecule has 2 atom stereocenters. The molecule has 26 heavy (non-hydrogen) atoms. The molecule has 4 rings (SSSR count). The number of carbonyl (C=O) groups is 2. The van der Waals surface area contributed by atoms with Crippen molar-refractivity contribution in [3.63, 3.8) is 0 Å². The van der Waals surface area contributed by atoms with E-state index in [-0.39, 0.29) is 23.1 Å². The summed E-state index contributed by atoms with van der Waals surface area (Å²) in [6.07, 6.45) is 3.76. The van der Waals surface area contributed by atoms with Gasteiger partial charge in [0.25, 0.3) is 5.92 Å². The average Bonchev–Trinajstić information content (AvgIpc) is 3.20. The van der Waals surface area contributed by atoms with Crippen molar-refractivity contribution >= 4 is 11.8 Å². The number of carbonyl (C=O) groups excluding carboxylic acids is 2. The van der Waals surface area contributed by atoms with Crippen LogP contribution in [0.2, 0.25) is 0 Å². The molecule has 1 spiro atoms. The van der Waals surface area contributed by atoms with Crippen LogP contribution in [0.4, 0.5) is 8.78 Å². The van der Waals surface area contributed by atoms with Gasteiger partial charge in [-0.1, -0.05) is 36.8 Å². The standard InChI is InChI=1S/C20H24F2N2O2/c21-20(22)13-24(14-20)18(26)16-7-4-8-19(16)9-10-23(12-19)17(25)11-15-5-2-1-3-6-15/h1-3,5-6,16H,4,7-14H2/t16-,19-/m0/s1. The maximum absolute atomic E-state index is 13.1. The van der Waals surface area contributed by atoms with Crippen molar-refractivity contribution in [1.29, 1.82) is 0 Å². The van der Waals surface area contributed by atoms with Gasteiger partial charge in [-0.15, -0.1) is 0 Å². The van der Waals surface area contributed by atoms with Crippen LogP contribution in [0, 0.1) is 11.3 Å². The van der Waals surface area contributed by atoms with E-state index < -0.39 is 19.0 Å². The third kappa shape index (κ3) is 3.10. The van der Waals surface area contributed by atoms with E-state index in [1.54, 1.807) is 0 Å². The lowest BCUT2D eigenvalue weighted by Crippen LogP contribution is -2.60. The zero-order valence-corrected chi connectivity index (χ0v) is 14.8. The summed E-state index contributed by atoms with van der Waals surface area (Å²) in [5, 5.41) is 0. The van der Waals surface area contributed by atoms with Crippen molar-refractivity contribution < 1.29 is 18.4 Å². The van der Waals surface area contributed by atoms with Crippen LogP contribution in [-0.4, -0.2) is 53.7 Å². The van der Waals surface area contributed by atoms with Crippen LogP contribution in [0.5, 0.6) is 0 Å². The van der Waals surface area contributed by atoms with Crippen molar-refractivity contribution in [2.75, 3.05) is 26.2 Å². The summed E-state index contributed by atoms with van der Waals surface area (Å²) < 4.78 is 26.3. The van der Waals surface area contributed by atoms with Gasteiger partial charge in [0.05, 0.1) is 19.5 Å². The van der Waals surface area contributed by atoms with Gasteiger partial charge >= 0.3 is 0 Å². The highest BCUT2D eigenvalue weighted by molar-refractivity contribution is 5.82. The van der Waals surface area contributed by atoms with E-state index in [0.29, 0.717) is 19.5 Å². The summed E-state index contributed by atoms with van der Waals surface area (Å²) in [6, 6.07) is 9.64. The molecule has 3 fully saturated rings. The molecule has 4 nitrogen and oxygen atoms in total. The third-order valence-corrected chi connectivity index (χ3v) is 6.30. The number of rotatable bonds is 3. The van der Waals surface area contributed by atoms with Crippen LogP contribution in [-0.2, 0) is 16.0 Å². The first-order valence-electron chi connectivity index (χ1n) is 9.37. The van der Waals surface area contributed by atoms with E-state index >= 15 is 0 Å². The Morgan fingerprint density at radius 3 is 2.46 bits per heavy atom. The highest BCUT2D eigenvalue weighted by atomic mass is 19.3. The minimum Gasteiger partial charge on any atom is -0.342 e. The van der Waals surface area contributed by atoms with Crippen molar-refractivity contribution in [3.8, 4) is 0 Å². The molecule has 3 aliphatic rings. The van der Waals surface area contributed by atoms with Crippen LogP contribution in [0.25, 0.3) is 0 Å². The second kappa shape index (κ2) is 6.32. The maximum atomic E-state index is 13.1. The van der Waals surface area contributed by atoms with Gasteiger partial charge in [-0.3, -0.25) is 9.59 Å². The molecule has 2 heterocycles. The van der Waals surface area contributed by atoms with E-state index in [0.717, 1.165) is 31.2 Å². The Kier molecular flexibility index (Phi) is 4.24. The summed E-state index contributed by atoms with van der Waals surface area (Å²) >= 11 is 0. The molecule has 1 saturated carbocycles. The Labute approximate surface area is 152 Å². The van der Waals surface area contributed by atoms with Gasteiger partial charge in [0.15, 0.2) is 0 Å². The van der Waals surface area contributed by atoms with Crippen molar-refractivity contribution in [1.82, 2.24) is 9.80 Å². The van der Waals surface area contributed by atoms with E-state index in [1.165, 1.54) is 4.90 Å². The van der Waals surface area contributed by atoms with Crippen LogP contribution in [0.3, 0.4) is 0 Å². The molecule has 1 aromatic rings. The summed E-state index contributed by atoms with van der Waals surface area (Å²) in [7, 11) is 0. The Morgan fingerprint density at radius 2 is 1.77 bits per heavy atom. The lowest BCUT2D eigenvalue weighted by Gasteiger charge is -2.42. The summed E-state index contributed by atoms with van der Waals surface area (Å²) in [4.78, 5) is 28.5. The number of benzene rings is 1. The fourth-order valence-corrected chi connectivity index (χ4v) is 4.89. The fraction of sp³-hybridized carbons (Fsp3) is 0.600. The van der Waals surface area contributed by atoms with Gasteiger partial charge < -0.3 is 9.80 Å². The van der Waals surface area contributed by atoms with E-state index in [4.69, 9.17) is 0 Å². The molecule has 2 aliphatic heterocycles. The summed E-state index contributed by atoms with van der Waals surface area (Å²) in [5.41, 5.74) is 0.772. The van der Waals surface area contributed by atoms with Crippen LogP contribution in [0.1, 0.15) is 31.2 Å². The Balaban J connectivity index is 1.41. The Bertz CT molecular complexity index is 701. The number of hydrogen-bond acceptors (Lipinski definition) is 2. The van der Waals surface area contributed by atoms with Crippen molar-refractivity contribution in [2.45, 2.75) is 38.0 Å². The number of amides is 2. The van der Waals surface area contributed by atoms with E-state index in [1.807, 2.05) is 35.2 Å². The van der Waals surface area contributed by atoms with Gasteiger partial charge in [0.1, 0.15) is 0 Å². The SMILES string of the molecule is O=C(Cc1ccccc1)N1CC[C@@]2(CCC[C@H]2C(=O)N2CC(F)(F)C2)C1. The van der Waals surface area contributed by atoms with E-state index in [9.17, 15) is 18.4 Å². The monoisotopic (exact) mass is 362 g/mol. The van der Waals surface area contributed by atoms with Crippen LogP contribution >= 0.6 is 0 Å². The molecule has 0 aromatic heterocycles. The number of hydrogen-bond donors (Lipinski definition) is 0. The molecular formula is C20H24F2N2O2. The first kappa shape index (κ1) is 17.4. The molecule has 6 heteroatoms. The molecule has 1 aliphatic carbocycles. The van der Waals surface area contributed by atoms with Gasteiger partial charge in [0, 0.05) is 24.4 Å². The van der Waals surface area contributed by atoms with Crippen molar-refractivity contribution in [2.24, 2.45) is 11.3 Å². The average molecular weight is 362 g/mol. The van der Waals surface area contributed by atoms with Gasteiger partial charge in [0.2, 0.25) is 11.8 Å². The number of likely N-dealkylation sites (tertiary alicyclic amines) is 2. The van der Waals surface area contributed by atoms with Crippen LogP contribution < -0.4 is 0 Å². The minimum absolute atomic E-state index is 0.0849. The highest BCUT2D eigenvalue weighted by Crippen LogP contribution is 2.51. The quantitative estimate of drug-likeness (QED) is 0.830. The molecule has 2 saturated heterocycles. The Hall–Kier alpha value is -1.98. The van der Waals surface area contributed by atoms with Gasteiger partial charge in [-0.05, 0) is 24.8 Å². The molecule has 0 radical (unpaired) electrons. The lowest BCUT2D eigenvalue weighted by molar-refractivity contribution is -0.172. The first-order chi connectivity index (χ1) is 12.4. The smallest absolute Gasteiger partial charge is 0.282 e. The third-order valence-electron chi connectivity index (χ3n) is 6.30. The number of alkyl halides is 2. The fourth-order valence-electron chi connectivity index (χ4n) is 4.89. The van der Waals surface area contributed by atoms with Crippen molar-refractivity contribution in [3.05, 3.63) is 35.9 Å². The molecule has 0 N–H and O–H groups in total.